The molecular formula is C11H14FIN2O. The van der Waals surface area contributed by atoms with Crippen LogP contribution in [0, 0.1) is 9.39 Å². The van der Waals surface area contributed by atoms with Crippen molar-refractivity contribution in [2.75, 3.05) is 5.32 Å². The molecule has 1 aromatic heterocycles. The van der Waals surface area contributed by atoms with Gasteiger partial charge >= 0.3 is 0 Å². The molecule has 1 saturated carbocycles. The first kappa shape index (κ1) is 12.0. The average molecular weight is 336 g/mol. The quantitative estimate of drug-likeness (QED) is 0.816. The molecule has 0 unspecified atom stereocenters. The highest BCUT2D eigenvalue weighted by Crippen LogP contribution is 2.22. The molecule has 0 spiro atoms. The molecule has 0 aromatic carbocycles. The highest BCUT2D eigenvalue weighted by atomic mass is 127. The van der Waals surface area contributed by atoms with Crippen molar-refractivity contribution in [3.05, 3.63) is 21.7 Å². The Bertz CT molecular complexity index is 367. The van der Waals surface area contributed by atoms with E-state index in [4.69, 9.17) is 0 Å². The largest absolute Gasteiger partial charge is 0.393 e. The van der Waals surface area contributed by atoms with E-state index in [1.54, 1.807) is 6.20 Å². The molecule has 0 atom stereocenters. The number of aromatic nitrogens is 1. The van der Waals surface area contributed by atoms with Crippen LogP contribution in [0.1, 0.15) is 25.7 Å². The smallest absolute Gasteiger partial charge is 0.166 e. The van der Waals surface area contributed by atoms with E-state index in [0.29, 0.717) is 5.82 Å². The molecule has 2 N–H and O–H groups in total. The van der Waals surface area contributed by atoms with Gasteiger partial charge in [-0.3, -0.25) is 0 Å². The number of hydrogen-bond acceptors (Lipinski definition) is 3. The number of aliphatic hydroxyl groups is 1. The molecule has 1 heterocycles. The van der Waals surface area contributed by atoms with Crippen LogP contribution in [0.4, 0.5) is 10.2 Å². The lowest BCUT2D eigenvalue weighted by Crippen LogP contribution is -2.28. The molecule has 0 aliphatic heterocycles. The predicted octanol–water partition coefficient (Wildman–Crippen LogP) is 2.54. The fourth-order valence-corrected chi connectivity index (χ4v) is 2.35. The van der Waals surface area contributed by atoms with E-state index in [1.165, 1.54) is 6.07 Å². The van der Waals surface area contributed by atoms with Gasteiger partial charge in [-0.25, -0.2) is 9.37 Å². The number of pyridine rings is 1. The molecule has 88 valence electrons. The molecular weight excluding hydrogens is 322 g/mol. The van der Waals surface area contributed by atoms with E-state index < -0.39 is 0 Å². The summed E-state index contributed by atoms with van der Waals surface area (Å²) in [4.78, 5) is 4.03. The average Bonchev–Trinajstić information content (AvgIpc) is 2.25. The maximum atomic E-state index is 13.5. The van der Waals surface area contributed by atoms with Crippen molar-refractivity contribution in [1.82, 2.24) is 4.98 Å². The van der Waals surface area contributed by atoms with Gasteiger partial charge < -0.3 is 10.4 Å². The van der Waals surface area contributed by atoms with Gasteiger partial charge in [0.1, 0.15) is 0 Å². The Morgan fingerprint density at radius 2 is 2.06 bits per heavy atom. The van der Waals surface area contributed by atoms with Gasteiger partial charge in [-0.15, -0.1) is 0 Å². The fraction of sp³-hybridized carbons (Fsp3) is 0.545. The van der Waals surface area contributed by atoms with Crippen LogP contribution >= 0.6 is 22.6 Å². The fourth-order valence-electron chi connectivity index (χ4n) is 1.93. The summed E-state index contributed by atoms with van der Waals surface area (Å²) in [5, 5.41) is 12.5. The Balaban J connectivity index is 1.98. The van der Waals surface area contributed by atoms with Gasteiger partial charge in [0.2, 0.25) is 0 Å². The third-order valence-electron chi connectivity index (χ3n) is 2.85. The lowest BCUT2D eigenvalue weighted by molar-refractivity contribution is 0.126. The highest BCUT2D eigenvalue weighted by molar-refractivity contribution is 14.1. The third-order valence-corrected chi connectivity index (χ3v) is 3.44. The number of aliphatic hydroxyl groups excluding tert-OH is 1. The van der Waals surface area contributed by atoms with E-state index in [1.807, 2.05) is 22.6 Å². The third kappa shape index (κ3) is 3.04. The zero-order valence-electron chi connectivity index (χ0n) is 8.79. The molecule has 3 nitrogen and oxygen atoms in total. The topological polar surface area (TPSA) is 45.1 Å². The van der Waals surface area contributed by atoms with Gasteiger partial charge in [-0.2, -0.15) is 0 Å². The minimum absolute atomic E-state index is 0.187. The SMILES string of the molecule is OC1CCC(Nc2ncc(I)cc2F)CC1. The van der Waals surface area contributed by atoms with Crippen LogP contribution in [0.15, 0.2) is 12.3 Å². The Hall–Kier alpha value is -0.430. The molecule has 2 rings (SSSR count). The van der Waals surface area contributed by atoms with Crippen molar-refractivity contribution in [1.29, 1.82) is 0 Å². The first-order valence-electron chi connectivity index (χ1n) is 5.41. The maximum absolute atomic E-state index is 13.5. The lowest BCUT2D eigenvalue weighted by Gasteiger charge is -2.26. The van der Waals surface area contributed by atoms with Crippen molar-refractivity contribution in [2.24, 2.45) is 0 Å². The van der Waals surface area contributed by atoms with E-state index in [9.17, 15) is 9.50 Å². The minimum atomic E-state index is -0.307. The number of rotatable bonds is 2. The van der Waals surface area contributed by atoms with Crippen molar-refractivity contribution in [3.63, 3.8) is 0 Å². The molecule has 16 heavy (non-hydrogen) atoms. The normalized spacial score (nSPS) is 25.4. The maximum Gasteiger partial charge on any atom is 0.166 e. The number of hydrogen-bond donors (Lipinski definition) is 2. The number of anilines is 1. The van der Waals surface area contributed by atoms with Gasteiger partial charge in [0.25, 0.3) is 0 Å². The van der Waals surface area contributed by atoms with Crippen molar-refractivity contribution in [3.8, 4) is 0 Å². The zero-order chi connectivity index (χ0) is 11.5. The van der Waals surface area contributed by atoms with Crippen LogP contribution in [0.2, 0.25) is 0 Å². The van der Waals surface area contributed by atoms with Crippen LogP contribution in [-0.2, 0) is 0 Å². The van der Waals surface area contributed by atoms with Gasteiger partial charge in [0.05, 0.1) is 6.10 Å². The monoisotopic (exact) mass is 336 g/mol. The number of nitrogens with zero attached hydrogens (tertiary/aromatic N) is 1. The van der Waals surface area contributed by atoms with Gasteiger partial charge in [0.15, 0.2) is 11.6 Å². The summed E-state index contributed by atoms with van der Waals surface area (Å²) < 4.78 is 14.3. The summed E-state index contributed by atoms with van der Waals surface area (Å²) >= 11 is 2.03. The van der Waals surface area contributed by atoms with Gasteiger partial charge in [-0.05, 0) is 54.3 Å². The van der Waals surface area contributed by atoms with Crippen LogP contribution < -0.4 is 5.32 Å². The Morgan fingerprint density at radius 3 is 2.69 bits per heavy atom. The summed E-state index contributed by atoms with van der Waals surface area (Å²) in [5.74, 6) is 0.0137. The molecule has 1 aliphatic carbocycles. The second-order valence-corrected chi connectivity index (χ2v) is 5.38. The van der Waals surface area contributed by atoms with E-state index >= 15 is 0 Å². The standard InChI is InChI=1S/C11H14FIN2O/c12-10-5-7(13)6-14-11(10)15-8-1-3-9(16)4-2-8/h5-6,8-9,16H,1-4H2,(H,14,15). The molecule has 0 saturated heterocycles. The predicted molar refractivity (Wildman–Crippen MR) is 68.8 cm³/mol. The van der Waals surface area contributed by atoms with Gasteiger partial charge in [0, 0.05) is 15.8 Å². The number of nitrogens with one attached hydrogen (secondary N) is 1. The minimum Gasteiger partial charge on any atom is -0.393 e. The summed E-state index contributed by atoms with van der Waals surface area (Å²) in [6, 6.07) is 1.69. The Morgan fingerprint density at radius 1 is 1.38 bits per heavy atom. The zero-order valence-corrected chi connectivity index (χ0v) is 10.9. The van der Waals surface area contributed by atoms with Crippen molar-refractivity contribution < 1.29 is 9.50 Å². The Kier molecular flexibility index (Phi) is 3.96. The highest BCUT2D eigenvalue weighted by Gasteiger charge is 2.20. The van der Waals surface area contributed by atoms with Crippen LogP contribution in [-0.4, -0.2) is 22.2 Å². The second kappa shape index (κ2) is 5.27. The Labute approximate surface area is 108 Å². The van der Waals surface area contributed by atoms with E-state index in [-0.39, 0.29) is 18.0 Å². The molecule has 0 amide bonds. The first-order chi connectivity index (χ1) is 7.65. The van der Waals surface area contributed by atoms with Crippen LogP contribution in [0.3, 0.4) is 0 Å². The molecule has 0 bridgehead atoms. The summed E-state index contributed by atoms with van der Waals surface area (Å²) in [6.45, 7) is 0. The molecule has 5 heteroatoms. The molecule has 0 radical (unpaired) electrons. The molecule has 1 aromatic rings. The van der Waals surface area contributed by atoms with Crippen LogP contribution in [0.25, 0.3) is 0 Å². The second-order valence-electron chi connectivity index (χ2n) is 4.13. The lowest BCUT2D eigenvalue weighted by atomic mass is 9.93. The van der Waals surface area contributed by atoms with E-state index in [2.05, 4.69) is 10.3 Å². The van der Waals surface area contributed by atoms with Gasteiger partial charge in [-0.1, -0.05) is 0 Å². The van der Waals surface area contributed by atoms with E-state index in [0.717, 1.165) is 29.3 Å². The number of halogens is 2. The van der Waals surface area contributed by atoms with Crippen molar-refractivity contribution in [2.45, 2.75) is 37.8 Å². The summed E-state index contributed by atoms with van der Waals surface area (Å²) in [6.07, 6.45) is 4.76. The molecule has 1 aliphatic rings. The molecule has 1 fully saturated rings. The van der Waals surface area contributed by atoms with Crippen LogP contribution in [0.5, 0.6) is 0 Å². The summed E-state index contributed by atoms with van der Waals surface area (Å²) in [5.41, 5.74) is 0. The van der Waals surface area contributed by atoms with Crippen molar-refractivity contribution >= 4 is 28.4 Å². The first-order valence-corrected chi connectivity index (χ1v) is 6.48. The summed E-state index contributed by atoms with van der Waals surface area (Å²) in [7, 11) is 0.